The molecule has 2 heteroatoms. The topological polar surface area (TPSA) is 13.1 Å². The second-order valence-corrected chi connectivity index (χ2v) is 4.52. The molecule has 0 atom stereocenters. The molecule has 3 aromatic carbocycles. The van der Waals surface area contributed by atoms with Crippen LogP contribution in [0, 0.1) is 0 Å². The van der Waals surface area contributed by atoms with Crippen LogP contribution < -0.4 is 5.46 Å². The second-order valence-electron chi connectivity index (χ2n) is 4.52. The largest absolute Gasteiger partial charge is 0.457 e. The van der Waals surface area contributed by atoms with Gasteiger partial charge in [-0.3, -0.25) is 0 Å². The molecule has 1 heterocycles. The Morgan fingerprint density at radius 2 is 1.56 bits per heavy atom. The van der Waals surface area contributed by atoms with Crippen molar-refractivity contribution in [1.29, 1.82) is 0 Å². The molecule has 0 spiro atoms. The molecule has 0 amide bonds. The van der Waals surface area contributed by atoms with Gasteiger partial charge < -0.3 is 4.42 Å². The summed E-state index contributed by atoms with van der Waals surface area (Å²) in [5, 5.41) is 4.60. The first-order valence-electron chi connectivity index (χ1n) is 5.92. The lowest BCUT2D eigenvalue weighted by atomic mass is 9.94. The van der Waals surface area contributed by atoms with Crippen molar-refractivity contribution in [2.24, 2.45) is 0 Å². The number of hydrogen-bond acceptors (Lipinski definition) is 1. The molecule has 0 bridgehead atoms. The highest BCUT2D eigenvalue weighted by Gasteiger charge is 2.08. The Kier molecular flexibility index (Phi) is 1.84. The van der Waals surface area contributed by atoms with E-state index in [9.17, 15) is 0 Å². The zero-order chi connectivity index (χ0) is 12.1. The molecule has 82 valence electrons. The highest BCUT2D eigenvalue weighted by Crippen LogP contribution is 2.30. The Hall–Kier alpha value is -2.22. The van der Waals surface area contributed by atoms with Gasteiger partial charge in [0.15, 0.2) is 0 Å². The van der Waals surface area contributed by atoms with Gasteiger partial charge in [-0.2, -0.15) is 0 Å². The van der Waals surface area contributed by atoms with Crippen molar-refractivity contribution in [2.45, 2.75) is 0 Å². The first kappa shape index (κ1) is 9.78. The van der Waals surface area contributed by atoms with Gasteiger partial charge in [-0.25, -0.2) is 0 Å². The monoisotopic (exact) mass is 228 g/mol. The van der Waals surface area contributed by atoms with E-state index in [2.05, 4.69) is 24.3 Å². The highest BCUT2D eigenvalue weighted by atomic mass is 16.3. The molecule has 0 saturated carbocycles. The first-order chi connectivity index (χ1) is 8.83. The maximum absolute atomic E-state index is 5.95. The third kappa shape index (κ3) is 1.23. The summed E-state index contributed by atoms with van der Waals surface area (Å²) in [7, 11) is 5.95. The van der Waals surface area contributed by atoms with Crippen molar-refractivity contribution in [3.63, 3.8) is 0 Å². The quantitative estimate of drug-likeness (QED) is 0.419. The second kappa shape index (κ2) is 3.39. The van der Waals surface area contributed by atoms with Gasteiger partial charge in [0.25, 0.3) is 0 Å². The van der Waals surface area contributed by atoms with Crippen LogP contribution in [-0.2, 0) is 0 Å². The van der Waals surface area contributed by atoms with Crippen molar-refractivity contribution in [2.75, 3.05) is 0 Å². The summed E-state index contributed by atoms with van der Waals surface area (Å²) in [5.74, 6) is 0. The van der Waals surface area contributed by atoms with E-state index in [1.807, 2.05) is 30.3 Å². The molecule has 0 aliphatic rings. The van der Waals surface area contributed by atoms with Crippen LogP contribution in [0.15, 0.2) is 59.0 Å². The number of rotatable bonds is 0. The van der Waals surface area contributed by atoms with E-state index >= 15 is 0 Å². The average Bonchev–Trinajstić information content (AvgIpc) is 2.76. The lowest BCUT2D eigenvalue weighted by molar-refractivity contribution is 0.672. The zero-order valence-corrected chi connectivity index (χ0v) is 9.68. The van der Waals surface area contributed by atoms with Gasteiger partial charge >= 0.3 is 0 Å². The summed E-state index contributed by atoms with van der Waals surface area (Å²) in [6.07, 6.45) is 0. The zero-order valence-electron chi connectivity index (χ0n) is 9.68. The molecule has 0 unspecified atom stereocenters. The van der Waals surface area contributed by atoms with E-state index in [0.717, 1.165) is 21.9 Å². The van der Waals surface area contributed by atoms with E-state index in [-0.39, 0.29) is 0 Å². The van der Waals surface area contributed by atoms with Crippen molar-refractivity contribution in [1.82, 2.24) is 0 Å². The summed E-state index contributed by atoms with van der Waals surface area (Å²) >= 11 is 0. The third-order valence-electron chi connectivity index (χ3n) is 3.40. The molecule has 1 aromatic heterocycles. The highest BCUT2D eigenvalue weighted by molar-refractivity contribution is 6.39. The Labute approximate surface area is 105 Å². The van der Waals surface area contributed by atoms with Crippen LogP contribution in [0.5, 0.6) is 0 Å². The van der Waals surface area contributed by atoms with E-state index < -0.39 is 0 Å². The molecular weight excluding hydrogens is 219 g/mol. The van der Waals surface area contributed by atoms with Gasteiger partial charge in [0.05, 0.1) is 0 Å². The molecule has 4 rings (SSSR count). The van der Waals surface area contributed by atoms with E-state index in [1.54, 1.807) is 0 Å². The lowest BCUT2D eigenvalue weighted by Crippen LogP contribution is -2.00. The average molecular weight is 228 g/mol. The predicted octanol–water partition coefficient (Wildman–Crippen LogP) is 3.53. The van der Waals surface area contributed by atoms with Crippen molar-refractivity contribution < 1.29 is 4.42 Å². The fraction of sp³-hybridized carbons (Fsp3) is 0. The normalized spacial score (nSPS) is 11.6. The fourth-order valence-corrected chi connectivity index (χ4v) is 2.51. The van der Waals surface area contributed by atoms with E-state index in [0.29, 0.717) is 5.46 Å². The van der Waals surface area contributed by atoms with Crippen LogP contribution in [0.4, 0.5) is 0 Å². The molecule has 0 aliphatic heterocycles. The van der Waals surface area contributed by atoms with Crippen molar-refractivity contribution in [3.8, 4) is 0 Å². The Balaban J connectivity index is 2.27. The van der Waals surface area contributed by atoms with Gasteiger partial charge in [-0.15, -0.1) is 0 Å². The van der Waals surface area contributed by atoms with E-state index in [4.69, 9.17) is 12.3 Å². The van der Waals surface area contributed by atoms with Crippen LogP contribution in [0.25, 0.3) is 32.7 Å². The molecule has 0 saturated heterocycles. The van der Waals surface area contributed by atoms with Crippen LogP contribution in [0.1, 0.15) is 0 Å². The van der Waals surface area contributed by atoms with Gasteiger partial charge in [-0.1, -0.05) is 47.9 Å². The smallest absolute Gasteiger partial charge is 0.136 e. The van der Waals surface area contributed by atoms with Crippen molar-refractivity contribution in [3.05, 3.63) is 54.6 Å². The van der Waals surface area contributed by atoms with Gasteiger partial charge in [0.2, 0.25) is 0 Å². The minimum Gasteiger partial charge on any atom is -0.457 e. The minimum absolute atomic E-state index is 0.688. The lowest BCUT2D eigenvalue weighted by Gasteiger charge is -1.96. The number of hydrogen-bond donors (Lipinski definition) is 0. The molecule has 18 heavy (non-hydrogen) atoms. The van der Waals surface area contributed by atoms with Gasteiger partial charge in [0.1, 0.15) is 19.0 Å². The molecule has 0 fully saturated rings. The Bertz CT molecular complexity index is 889. The molecular formula is C16H9BO. The number of para-hydroxylation sites is 1. The number of benzene rings is 3. The predicted molar refractivity (Wildman–Crippen MR) is 76.6 cm³/mol. The number of fused-ring (bicyclic) bond motifs is 4. The van der Waals surface area contributed by atoms with E-state index in [1.165, 1.54) is 10.8 Å². The standard InChI is InChI=1S/C16H9BO/c17-14-7-3-6-12-13-8-10-4-1-2-5-11(10)9-15(13)18-16(12)14/h1-9H. The van der Waals surface area contributed by atoms with Crippen LogP contribution >= 0.6 is 0 Å². The minimum atomic E-state index is 0.688. The molecule has 2 radical (unpaired) electrons. The van der Waals surface area contributed by atoms with Crippen molar-refractivity contribution >= 4 is 46.0 Å². The third-order valence-corrected chi connectivity index (χ3v) is 3.40. The molecule has 1 nitrogen and oxygen atoms in total. The Morgan fingerprint density at radius 3 is 2.39 bits per heavy atom. The molecule has 0 N–H and O–H groups in total. The first-order valence-corrected chi connectivity index (χ1v) is 5.92. The maximum atomic E-state index is 5.95. The SMILES string of the molecule is [B]c1cccc2c1oc1cc3ccccc3cc12. The van der Waals surface area contributed by atoms with Crippen LogP contribution in [-0.4, -0.2) is 7.85 Å². The fourth-order valence-electron chi connectivity index (χ4n) is 2.51. The van der Waals surface area contributed by atoms with Gasteiger partial charge in [-0.05, 0) is 22.9 Å². The summed E-state index contributed by atoms with van der Waals surface area (Å²) in [4.78, 5) is 0. The maximum Gasteiger partial charge on any atom is 0.136 e. The van der Waals surface area contributed by atoms with Gasteiger partial charge in [0, 0.05) is 10.8 Å². The summed E-state index contributed by atoms with van der Waals surface area (Å²) in [6, 6.07) is 18.4. The summed E-state index contributed by atoms with van der Waals surface area (Å²) in [5.41, 5.74) is 2.36. The Morgan fingerprint density at radius 1 is 0.778 bits per heavy atom. The summed E-state index contributed by atoms with van der Waals surface area (Å²) < 4.78 is 5.87. The van der Waals surface area contributed by atoms with Crippen LogP contribution in [0.3, 0.4) is 0 Å². The number of furan rings is 1. The molecule has 0 aliphatic carbocycles. The molecule has 4 aromatic rings. The van der Waals surface area contributed by atoms with Crippen LogP contribution in [0.2, 0.25) is 0 Å². The summed E-state index contributed by atoms with van der Waals surface area (Å²) in [6.45, 7) is 0.